The summed E-state index contributed by atoms with van der Waals surface area (Å²) in [6, 6.07) is 11.2. The van der Waals surface area contributed by atoms with Crippen LogP contribution >= 0.6 is 11.3 Å². The number of benzene rings is 2. The Morgan fingerprint density at radius 2 is 2.03 bits per heavy atom. The van der Waals surface area contributed by atoms with E-state index in [-0.39, 0.29) is 17.9 Å². The van der Waals surface area contributed by atoms with E-state index in [0.29, 0.717) is 5.75 Å². The zero-order chi connectivity index (χ0) is 20.4. The summed E-state index contributed by atoms with van der Waals surface area (Å²) in [7, 11) is 1.31. The third-order valence-electron chi connectivity index (χ3n) is 4.32. The van der Waals surface area contributed by atoms with Crippen LogP contribution in [0.5, 0.6) is 5.75 Å². The lowest BCUT2D eigenvalue weighted by Crippen LogP contribution is -2.06. The maximum absolute atomic E-state index is 12.3. The van der Waals surface area contributed by atoms with Gasteiger partial charge in [-0.2, -0.15) is 0 Å². The minimum absolute atomic E-state index is 0.00771. The van der Waals surface area contributed by atoms with Crippen molar-refractivity contribution in [1.82, 2.24) is 9.38 Å². The van der Waals surface area contributed by atoms with E-state index < -0.39 is 10.9 Å². The summed E-state index contributed by atoms with van der Waals surface area (Å²) >= 11 is 1.52. The molecule has 0 atom stereocenters. The molecular weight excluding hydrogens is 394 g/mol. The number of carbonyl (C=O) groups excluding carboxylic acids is 1. The van der Waals surface area contributed by atoms with Crippen molar-refractivity contribution in [2.75, 3.05) is 7.11 Å². The van der Waals surface area contributed by atoms with Crippen LogP contribution in [0.3, 0.4) is 0 Å². The number of carbonyl (C=O) groups is 1. The third-order valence-corrected chi connectivity index (χ3v) is 5.09. The number of imidazole rings is 1. The van der Waals surface area contributed by atoms with Crippen molar-refractivity contribution < 1.29 is 19.2 Å². The summed E-state index contributed by atoms with van der Waals surface area (Å²) < 4.78 is 12.6. The highest BCUT2D eigenvalue weighted by Crippen LogP contribution is 2.29. The first-order valence-corrected chi connectivity index (χ1v) is 9.44. The van der Waals surface area contributed by atoms with Gasteiger partial charge in [0, 0.05) is 35.5 Å². The van der Waals surface area contributed by atoms with Gasteiger partial charge in [0.25, 0.3) is 5.69 Å². The SMILES string of the molecule is COC(=O)c1cc(-c2cn3ccsc3n2)ccc1OCc1ccc([N+](=O)[O-])cc1. The standard InChI is InChI=1S/C20H15N3O5S/c1-27-19(24)16-10-14(17-11-22-8-9-29-20(22)21-17)4-7-18(16)28-12-13-2-5-15(6-3-13)23(25)26/h2-11H,12H2,1H3. The number of rotatable bonds is 6. The molecule has 0 bridgehead atoms. The average Bonchev–Trinajstić information content (AvgIpc) is 3.34. The summed E-state index contributed by atoms with van der Waals surface area (Å²) in [6.45, 7) is 0.154. The Labute approximate surface area is 169 Å². The van der Waals surface area contributed by atoms with Crippen molar-refractivity contribution in [3.63, 3.8) is 0 Å². The molecule has 8 nitrogen and oxygen atoms in total. The topological polar surface area (TPSA) is 96.0 Å². The fourth-order valence-corrected chi connectivity index (χ4v) is 3.53. The maximum atomic E-state index is 12.3. The molecule has 0 unspecified atom stereocenters. The van der Waals surface area contributed by atoms with Gasteiger partial charge in [-0.15, -0.1) is 11.3 Å². The number of thiazole rings is 1. The molecule has 0 amide bonds. The van der Waals surface area contributed by atoms with Crippen molar-refractivity contribution in [2.24, 2.45) is 0 Å². The highest BCUT2D eigenvalue weighted by atomic mass is 32.1. The molecule has 2 aromatic carbocycles. The smallest absolute Gasteiger partial charge is 0.341 e. The lowest BCUT2D eigenvalue weighted by molar-refractivity contribution is -0.384. The van der Waals surface area contributed by atoms with Gasteiger partial charge in [-0.05, 0) is 35.9 Å². The summed E-state index contributed by atoms with van der Waals surface area (Å²) in [5.41, 5.74) is 2.54. The number of nitro groups is 1. The minimum atomic E-state index is -0.522. The van der Waals surface area contributed by atoms with Gasteiger partial charge in [-0.3, -0.25) is 14.5 Å². The number of nitro benzene ring substituents is 1. The Balaban J connectivity index is 1.59. The first-order valence-electron chi connectivity index (χ1n) is 8.56. The van der Waals surface area contributed by atoms with Crippen LogP contribution in [0, 0.1) is 10.1 Å². The van der Waals surface area contributed by atoms with Crippen molar-refractivity contribution >= 4 is 28.0 Å². The molecule has 0 radical (unpaired) electrons. The Morgan fingerprint density at radius 1 is 1.24 bits per heavy atom. The summed E-state index contributed by atoms with van der Waals surface area (Å²) in [6.07, 6.45) is 3.80. The maximum Gasteiger partial charge on any atom is 0.341 e. The Bertz CT molecular complexity index is 1170. The van der Waals surface area contributed by atoms with E-state index in [1.54, 1.807) is 24.3 Å². The predicted octanol–water partition coefficient (Wildman–Crippen LogP) is 4.34. The zero-order valence-corrected chi connectivity index (χ0v) is 16.1. The van der Waals surface area contributed by atoms with Gasteiger partial charge in [-0.25, -0.2) is 9.78 Å². The van der Waals surface area contributed by atoms with Gasteiger partial charge in [0.15, 0.2) is 4.96 Å². The monoisotopic (exact) mass is 409 g/mol. The molecule has 0 aliphatic heterocycles. The normalized spacial score (nSPS) is 10.8. The number of methoxy groups -OCH3 is 1. The van der Waals surface area contributed by atoms with Gasteiger partial charge < -0.3 is 9.47 Å². The average molecular weight is 409 g/mol. The van der Waals surface area contributed by atoms with Crippen LogP contribution in [0.25, 0.3) is 16.2 Å². The quantitative estimate of drug-likeness (QED) is 0.267. The Hall–Kier alpha value is -3.72. The van der Waals surface area contributed by atoms with Crippen LogP contribution in [0.1, 0.15) is 15.9 Å². The first-order chi connectivity index (χ1) is 14.0. The number of esters is 1. The lowest BCUT2D eigenvalue weighted by Gasteiger charge is -2.11. The van der Waals surface area contributed by atoms with Crippen LogP contribution in [0.4, 0.5) is 5.69 Å². The number of non-ortho nitro benzene ring substituents is 1. The number of aromatic nitrogens is 2. The molecule has 29 heavy (non-hydrogen) atoms. The summed E-state index contributed by atoms with van der Waals surface area (Å²) in [4.78, 5) is 28.0. The molecule has 146 valence electrons. The van der Waals surface area contributed by atoms with E-state index in [2.05, 4.69) is 4.98 Å². The molecule has 0 aliphatic rings. The predicted molar refractivity (Wildman–Crippen MR) is 107 cm³/mol. The number of nitrogens with zero attached hydrogens (tertiary/aromatic N) is 3. The van der Waals surface area contributed by atoms with Crippen molar-refractivity contribution in [3.8, 4) is 17.0 Å². The van der Waals surface area contributed by atoms with Crippen LogP contribution in [0.15, 0.2) is 60.2 Å². The van der Waals surface area contributed by atoms with Crippen LogP contribution in [-0.2, 0) is 11.3 Å². The minimum Gasteiger partial charge on any atom is -0.488 e. The second kappa shape index (κ2) is 7.72. The summed E-state index contributed by atoms with van der Waals surface area (Å²) in [5, 5.41) is 12.7. The molecule has 4 aromatic rings. The van der Waals surface area contributed by atoms with Gasteiger partial charge >= 0.3 is 5.97 Å². The van der Waals surface area contributed by atoms with Crippen molar-refractivity contribution in [1.29, 1.82) is 0 Å². The van der Waals surface area contributed by atoms with Crippen LogP contribution < -0.4 is 4.74 Å². The van der Waals surface area contributed by atoms with Crippen LogP contribution in [0.2, 0.25) is 0 Å². The van der Waals surface area contributed by atoms with E-state index >= 15 is 0 Å². The Morgan fingerprint density at radius 3 is 2.72 bits per heavy atom. The number of fused-ring (bicyclic) bond motifs is 1. The van der Waals surface area contributed by atoms with E-state index in [0.717, 1.165) is 21.8 Å². The molecule has 9 heteroatoms. The molecule has 0 fully saturated rings. The van der Waals surface area contributed by atoms with Gasteiger partial charge in [0.2, 0.25) is 0 Å². The highest BCUT2D eigenvalue weighted by molar-refractivity contribution is 7.15. The van der Waals surface area contributed by atoms with Crippen molar-refractivity contribution in [3.05, 3.63) is 81.5 Å². The molecule has 0 N–H and O–H groups in total. The molecule has 2 aromatic heterocycles. The number of hydrogen-bond acceptors (Lipinski definition) is 7. The third kappa shape index (κ3) is 3.81. The first kappa shape index (κ1) is 18.6. The number of ether oxygens (including phenoxy) is 2. The second-order valence-corrected chi connectivity index (χ2v) is 7.01. The van der Waals surface area contributed by atoms with E-state index in [1.807, 2.05) is 28.2 Å². The molecule has 0 aliphatic carbocycles. The van der Waals surface area contributed by atoms with Crippen LogP contribution in [-0.4, -0.2) is 27.4 Å². The Kier molecular flexibility index (Phi) is 4.96. The van der Waals surface area contributed by atoms with E-state index in [1.165, 1.54) is 30.6 Å². The lowest BCUT2D eigenvalue weighted by atomic mass is 10.1. The number of hydrogen-bond donors (Lipinski definition) is 0. The molecule has 0 saturated heterocycles. The summed E-state index contributed by atoms with van der Waals surface area (Å²) in [5.74, 6) is -0.161. The fourth-order valence-electron chi connectivity index (χ4n) is 2.83. The van der Waals surface area contributed by atoms with Gasteiger partial charge in [0.1, 0.15) is 17.9 Å². The van der Waals surface area contributed by atoms with Crippen molar-refractivity contribution in [2.45, 2.75) is 6.61 Å². The second-order valence-electron chi connectivity index (χ2n) is 6.13. The van der Waals surface area contributed by atoms with E-state index in [9.17, 15) is 14.9 Å². The zero-order valence-electron chi connectivity index (χ0n) is 15.3. The fraction of sp³-hybridized carbons (Fsp3) is 0.100. The molecular formula is C20H15N3O5S. The largest absolute Gasteiger partial charge is 0.488 e. The highest BCUT2D eigenvalue weighted by Gasteiger charge is 2.16. The molecule has 2 heterocycles. The van der Waals surface area contributed by atoms with Gasteiger partial charge in [0.05, 0.1) is 17.7 Å². The van der Waals surface area contributed by atoms with Gasteiger partial charge in [-0.1, -0.05) is 0 Å². The molecule has 0 spiro atoms. The van der Waals surface area contributed by atoms with E-state index in [4.69, 9.17) is 9.47 Å². The molecule has 4 rings (SSSR count). The molecule has 0 saturated carbocycles.